The van der Waals surface area contributed by atoms with Crippen molar-refractivity contribution in [3.8, 4) is 6.07 Å². The number of amides is 2. The number of benzene rings is 1. The number of primary amides is 1. The number of hydrogen-bond acceptors (Lipinski definition) is 5. The standard InChI is InChI=1S/C25H26F3N5O2/c1-15-19(3-2-8-31-15)24(35)33-13-20(21(14-33)23(30)34)16-6-9-32(10-7-16)18-5-4-17(12-29)22(11-18)25(26,27)28/h2-5,8,11,16,20-21H,6-7,9-10,13-14H2,1H3,(H2,30,34). The van der Waals surface area contributed by atoms with Gasteiger partial charge in [-0.25, -0.2) is 0 Å². The fourth-order valence-corrected chi connectivity index (χ4v) is 5.30. The number of halogens is 3. The van der Waals surface area contributed by atoms with Crippen LogP contribution in [0.5, 0.6) is 0 Å². The predicted molar refractivity (Wildman–Crippen MR) is 122 cm³/mol. The fraction of sp³-hybridized carbons (Fsp3) is 0.440. The molecule has 2 atom stereocenters. The zero-order valence-electron chi connectivity index (χ0n) is 19.3. The van der Waals surface area contributed by atoms with Gasteiger partial charge in [-0.2, -0.15) is 18.4 Å². The normalized spacial score (nSPS) is 21.1. The van der Waals surface area contributed by atoms with Gasteiger partial charge in [-0.1, -0.05) is 0 Å². The van der Waals surface area contributed by atoms with Crippen molar-refractivity contribution in [3.05, 3.63) is 58.9 Å². The molecule has 35 heavy (non-hydrogen) atoms. The van der Waals surface area contributed by atoms with E-state index in [1.807, 2.05) is 4.90 Å². The summed E-state index contributed by atoms with van der Waals surface area (Å²) in [4.78, 5) is 33.0. The summed E-state index contributed by atoms with van der Waals surface area (Å²) in [5.74, 6) is -1.10. The Morgan fingerprint density at radius 3 is 2.49 bits per heavy atom. The molecule has 2 aliphatic heterocycles. The van der Waals surface area contributed by atoms with Crippen LogP contribution in [0.25, 0.3) is 0 Å². The minimum atomic E-state index is -4.61. The van der Waals surface area contributed by atoms with E-state index in [9.17, 15) is 22.8 Å². The Kier molecular flexibility index (Phi) is 6.70. The van der Waals surface area contributed by atoms with Crippen LogP contribution in [0.4, 0.5) is 18.9 Å². The number of pyridine rings is 1. The van der Waals surface area contributed by atoms with Crippen LogP contribution in [-0.2, 0) is 11.0 Å². The minimum Gasteiger partial charge on any atom is -0.372 e. The minimum absolute atomic E-state index is 0.108. The van der Waals surface area contributed by atoms with E-state index in [4.69, 9.17) is 11.0 Å². The first kappa shape index (κ1) is 24.5. The molecule has 0 spiro atoms. The average molecular weight is 486 g/mol. The van der Waals surface area contributed by atoms with E-state index in [0.717, 1.165) is 6.07 Å². The van der Waals surface area contributed by atoms with Crippen molar-refractivity contribution in [1.29, 1.82) is 5.26 Å². The maximum Gasteiger partial charge on any atom is 0.417 e. The molecule has 0 saturated carbocycles. The molecule has 0 bridgehead atoms. The van der Waals surface area contributed by atoms with Gasteiger partial charge < -0.3 is 15.5 Å². The highest BCUT2D eigenvalue weighted by Crippen LogP contribution is 2.39. The number of alkyl halides is 3. The molecule has 2 N–H and O–H groups in total. The number of aromatic nitrogens is 1. The summed E-state index contributed by atoms with van der Waals surface area (Å²) in [6.45, 7) is 3.42. The lowest BCUT2D eigenvalue weighted by Crippen LogP contribution is -2.40. The molecular weight excluding hydrogens is 459 g/mol. The number of likely N-dealkylation sites (tertiary alicyclic amines) is 1. The van der Waals surface area contributed by atoms with Gasteiger partial charge in [0.15, 0.2) is 0 Å². The second-order valence-corrected chi connectivity index (χ2v) is 9.18. The van der Waals surface area contributed by atoms with Crippen LogP contribution < -0.4 is 10.6 Å². The van der Waals surface area contributed by atoms with Crippen LogP contribution >= 0.6 is 0 Å². The lowest BCUT2D eigenvalue weighted by atomic mass is 9.78. The van der Waals surface area contributed by atoms with Gasteiger partial charge >= 0.3 is 6.18 Å². The first-order valence-electron chi connectivity index (χ1n) is 11.5. The SMILES string of the molecule is Cc1ncccc1C(=O)N1CC(C(N)=O)C(C2CCN(c3ccc(C#N)c(C(F)(F)F)c3)CC2)C1. The number of carbonyl (C=O) groups is 2. The summed E-state index contributed by atoms with van der Waals surface area (Å²) in [5.41, 5.74) is 5.88. The van der Waals surface area contributed by atoms with E-state index < -0.39 is 29.1 Å². The second-order valence-electron chi connectivity index (χ2n) is 9.18. The highest BCUT2D eigenvalue weighted by molar-refractivity contribution is 5.96. The smallest absolute Gasteiger partial charge is 0.372 e. The van der Waals surface area contributed by atoms with Gasteiger partial charge in [0.25, 0.3) is 5.91 Å². The van der Waals surface area contributed by atoms with Gasteiger partial charge in [0, 0.05) is 43.8 Å². The first-order valence-corrected chi connectivity index (χ1v) is 11.5. The topological polar surface area (TPSA) is 103 Å². The van der Waals surface area contributed by atoms with Crippen molar-refractivity contribution in [3.63, 3.8) is 0 Å². The number of aryl methyl sites for hydroxylation is 1. The number of hydrogen-bond donors (Lipinski definition) is 1. The van der Waals surface area contributed by atoms with E-state index in [1.165, 1.54) is 12.1 Å². The Labute approximate surface area is 201 Å². The summed E-state index contributed by atoms with van der Waals surface area (Å²) in [6, 6.07) is 8.77. The van der Waals surface area contributed by atoms with Gasteiger partial charge in [-0.3, -0.25) is 14.6 Å². The maximum absolute atomic E-state index is 13.4. The predicted octanol–water partition coefficient (Wildman–Crippen LogP) is 3.37. The zero-order chi connectivity index (χ0) is 25.3. The lowest BCUT2D eigenvalue weighted by Gasteiger charge is -2.37. The van der Waals surface area contributed by atoms with Crippen LogP contribution in [-0.4, -0.2) is 47.9 Å². The van der Waals surface area contributed by atoms with Gasteiger partial charge in [-0.15, -0.1) is 0 Å². The van der Waals surface area contributed by atoms with Gasteiger partial charge in [0.05, 0.1) is 28.7 Å². The molecular formula is C25H26F3N5O2. The van der Waals surface area contributed by atoms with Gasteiger partial charge in [-0.05, 0) is 61.9 Å². The third kappa shape index (κ3) is 4.94. The molecule has 1 aromatic heterocycles. The third-order valence-electron chi connectivity index (χ3n) is 7.19. The van der Waals surface area contributed by atoms with Crippen LogP contribution in [0.1, 0.15) is 40.0 Å². The summed E-state index contributed by atoms with van der Waals surface area (Å²) in [5, 5.41) is 9.02. The molecule has 10 heteroatoms. The molecule has 0 aliphatic carbocycles. The van der Waals surface area contributed by atoms with Crippen molar-refractivity contribution >= 4 is 17.5 Å². The van der Waals surface area contributed by atoms with Crippen molar-refractivity contribution in [2.24, 2.45) is 23.5 Å². The number of piperidine rings is 1. The Morgan fingerprint density at radius 2 is 1.89 bits per heavy atom. The van der Waals surface area contributed by atoms with Crippen LogP contribution in [0.3, 0.4) is 0 Å². The molecule has 2 saturated heterocycles. The van der Waals surface area contributed by atoms with Gasteiger partial charge in [0.2, 0.25) is 5.91 Å². The van der Waals surface area contributed by atoms with Crippen molar-refractivity contribution in [2.45, 2.75) is 25.9 Å². The number of nitriles is 1. The van der Waals surface area contributed by atoms with Crippen LogP contribution in [0.2, 0.25) is 0 Å². The molecule has 2 amide bonds. The highest BCUT2D eigenvalue weighted by Gasteiger charge is 2.43. The third-order valence-corrected chi connectivity index (χ3v) is 7.19. The fourth-order valence-electron chi connectivity index (χ4n) is 5.30. The molecule has 2 fully saturated rings. The van der Waals surface area contributed by atoms with Gasteiger partial charge in [0.1, 0.15) is 0 Å². The molecule has 0 radical (unpaired) electrons. The summed E-state index contributed by atoms with van der Waals surface area (Å²) < 4.78 is 40.1. The van der Waals surface area contributed by atoms with Crippen molar-refractivity contribution in [1.82, 2.24) is 9.88 Å². The summed E-state index contributed by atoms with van der Waals surface area (Å²) >= 11 is 0. The second kappa shape index (κ2) is 9.56. The molecule has 2 unspecified atom stereocenters. The maximum atomic E-state index is 13.4. The largest absolute Gasteiger partial charge is 0.417 e. The Hall–Kier alpha value is -3.61. The average Bonchev–Trinajstić information content (AvgIpc) is 3.29. The number of rotatable bonds is 4. The zero-order valence-corrected chi connectivity index (χ0v) is 19.3. The number of nitrogens with two attached hydrogens (primary N) is 1. The number of anilines is 1. The molecule has 3 heterocycles. The van der Waals surface area contributed by atoms with Crippen molar-refractivity contribution < 1.29 is 22.8 Å². The Bertz CT molecular complexity index is 1170. The van der Waals surface area contributed by atoms with Crippen LogP contribution in [0, 0.1) is 36.0 Å². The molecule has 2 aliphatic rings. The molecule has 7 nitrogen and oxygen atoms in total. The Morgan fingerprint density at radius 1 is 1.17 bits per heavy atom. The monoisotopic (exact) mass is 485 g/mol. The quantitative estimate of drug-likeness (QED) is 0.715. The van der Waals surface area contributed by atoms with E-state index >= 15 is 0 Å². The molecule has 4 rings (SSSR count). The number of nitrogens with zero attached hydrogens (tertiary/aromatic N) is 4. The summed E-state index contributed by atoms with van der Waals surface area (Å²) in [6.07, 6.45) is -1.68. The van der Waals surface area contributed by atoms with E-state index in [2.05, 4.69) is 4.98 Å². The van der Waals surface area contributed by atoms with Crippen LogP contribution in [0.15, 0.2) is 36.5 Å². The van der Waals surface area contributed by atoms with Crippen molar-refractivity contribution in [2.75, 3.05) is 31.1 Å². The lowest BCUT2D eigenvalue weighted by molar-refractivity contribution is -0.137. The number of carbonyl (C=O) groups excluding carboxylic acids is 2. The molecule has 1 aromatic carbocycles. The summed E-state index contributed by atoms with van der Waals surface area (Å²) in [7, 11) is 0. The molecule has 184 valence electrons. The Balaban J connectivity index is 1.47. The first-order chi connectivity index (χ1) is 16.6. The molecule has 2 aromatic rings. The van der Waals surface area contributed by atoms with E-state index in [-0.39, 0.29) is 24.3 Å². The van der Waals surface area contributed by atoms with E-state index in [0.29, 0.717) is 49.4 Å². The highest BCUT2D eigenvalue weighted by atomic mass is 19.4. The van der Waals surface area contributed by atoms with E-state index in [1.54, 1.807) is 36.2 Å².